The van der Waals surface area contributed by atoms with E-state index >= 15 is 0 Å². The molecule has 12 heteroatoms. The van der Waals surface area contributed by atoms with E-state index < -0.39 is 12.2 Å². The van der Waals surface area contributed by atoms with Crippen molar-refractivity contribution in [2.75, 3.05) is 19.6 Å². The molecular formula is C33H33IN6O4S. The summed E-state index contributed by atoms with van der Waals surface area (Å²) in [5.41, 5.74) is 3.40. The van der Waals surface area contributed by atoms with Crippen LogP contribution in [0.1, 0.15) is 16.7 Å². The molecule has 2 atom stereocenters. The van der Waals surface area contributed by atoms with Gasteiger partial charge in [0.1, 0.15) is 19.1 Å². The number of nitrogens with zero attached hydrogens (tertiary/aromatic N) is 5. The smallest absolute Gasteiger partial charge is 0.334 e. The van der Waals surface area contributed by atoms with Crippen molar-refractivity contribution in [3.8, 4) is 5.75 Å². The first-order chi connectivity index (χ1) is 22.3. The van der Waals surface area contributed by atoms with E-state index in [1.807, 2.05) is 54.7 Å². The molecule has 6 rings (SSSR count). The van der Waals surface area contributed by atoms with Gasteiger partial charge in [-0.3, -0.25) is 13.6 Å². The predicted octanol–water partition coefficient (Wildman–Crippen LogP) is 4.38. The number of thiol groups is 1. The maximum atomic E-state index is 14.3. The summed E-state index contributed by atoms with van der Waals surface area (Å²) < 4.78 is 10.8. The van der Waals surface area contributed by atoms with Crippen LogP contribution in [0.4, 0.5) is 4.79 Å². The highest BCUT2D eigenvalue weighted by molar-refractivity contribution is 14.1. The minimum absolute atomic E-state index is 0.0896. The van der Waals surface area contributed by atoms with Gasteiger partial charge < -0.3 is 20.2 Å². The van der Waals surface area contributed by atoms with Crippen molar-refractivity contribution in [2.24, 2.45) is 0 Å². The predicted molar refractivity (Wildman–Crippen MR) is 183 cm³/mol. The van der Waals surface area contributed by atoms with Gasteiger partial charge in [-0.15, -0.1) is 6.58 Å². The number of halogens is 1. The van der Waals surface area contributed by atoms with Crippen molar-refractivity contribution in [1.82, 2.24) is 29.1 Å². The van der Waals surface area contributed by atoms with Gasteiger partial charge in [-0.2, -0.15) is 0 Å². The van der Waals surface area contributed by atoms with Gasteiger partial charge in [-0.05, 0) is 69.6 Å². The van der Waals surface area contributed by atoms with Gasteiger partial charge in [-0.1, -0.05) is 61.3 Å². The Bertz CT molecular complexity index is 1770. The second-order valence-electron chi connectivity index (χ2n) is 11.1. The number of aromatic nitrogens is 1. The van der Waals surface area contributed by atoms with E-state index in [0.717, 1.165) is 43.9 Å². The number of phenols is 1. The zero-order chi connectivity index (χ0) is 32.4. The number of carbonyl (C=O) groups is 3. The number of urea groups is 1. The number of hydrogen-bond acceptors (Lipinski definition) is 6. The molecule has 3 aromatic carbocycles. The third-order valence-electron chi connectivity index (χ3n) is 8.22. The number of phenolic OH excluding ortho intramolecular Hbond substituents is 1. The lowest BCUT2D eigenvalue weighted by atomic mass is 9.98. The number of aromatic hydroxyl groups is 1. The number of rotatable bonds is 9. The number of carbonyl (C=O) groups excluding carboxylic acids is 3. The number of amides is 4. The second kappa shape index (κ2) is 13.2. The third kappa shape index (κ3) is 6.40. The molecular weight excluding hydrogens is 703 g/mol. The van der Waals surface area contributed by atoms with Crippen molar-refractivity contribution in [3.05, 3.63) is 112 Å². The Labute approximate surface area is 281 Å². The lowest BCUT2D eigenvalue weighted by Crippen LogP contribution is -2.76. The van der Waals surface area contributed by atoms with E-state index in [4.69, 9.17) is 1.12 Å². The molecule has 0 bridgehead atoms. The highest BCUT2D eigenvalue weighted by Gasteiger charge is 2.51. The summed E-state index contributed by atoms with van der Waals surface area (Å²) in [5.74, 6) is -0.388. The summed E-state index contributed by atoms with van der Waals surface area (Å²) in [6.45, 7) is 4.63. The van der Waals surface area contributed by atoms with E-state index in [1.54, 1.807) is 54.1 Å². The maximum absolute atomic E-state index is 14.3. The molecule has 0 unspecified atom stereocenters. The SMILES string of the molecule is [3H]Sn1ccc2cccc(CN3C[C@H]4N(C(=O)CN(CC=C)N4C(=O)NCc4ccc(I)cc4)[C@@H](Cc4ccc(O)cc4)C3=O)c21. The van der Waals surface area contributed by atoms with Crippen LogP contribution in [0.25, 0.3) is 10.9 Å². The van der Waals surface area contributed by atoms with E-state index in [0.29, 0.717) is 0 Å². The van der Waals surface area contributed by atoms with Gasteiger partial charge in [-0.25, -0.2) is 14.8 Å². The lowest BCUT2D eigenvalue weighted by molar-refractivity contribution is -0.189. The molecule has 0 radical (unpaired) electrons. The molecule has 1 aromatic heterocycles. The number of fused-ring (bicyclic) bond motifs is 2. The fourth-order valence-electron chi connectivity index (χ4n) is 6.13. The fourth-order valence-corrected chi connectivity index (χ4v) is 6.77. The molecule has 2 N–H and O–H groups in total. The van der Waals surface area contributed by atoms with Gasteiger partial charge in [0.2, 0.25) is 11.8 Å². The minimum Gasteiger partial charge on any atom is -0.508 e. The minimum atomic E-state index is -0.885. The molecule has 2 aliphatic heterocycles. The Kier molecular flexibility index (Phi) is 8.68. The zero-order valence-electron chi connectivity index (χ0n) is 25.4. The monoisotopic (exact) mass is 738 g/mol. The summed E-state index contributed by atoms with van der Waals surface area (Å²) in [6, 6.07) is 20.9. The first-order valence-corrected chi connectivity index (χ1v) is 16.0. The van der Waals surface area contributed by atoms with Crippen LogP contribution < -0.4 is 5.32 Å². The third-order valence-corrected chi connectivity index (χ3v) is 9.25. The van der Waals surface area contributed by atoms with Crippen LogP contribution in [0.2, 0.25) is 0 Å². The standard InChI is InChI=1S/C33H33IN6O4S/c1-2-15-37-21-30(42)39-28(17-22-8-12-27(41)13-9-22)32(43)36(19-25-5-3-4-24-14-16-38(45)31(24)25)20-29(39)40(37)33(44)35-18-23-6-10-26(34)11-7-23/h2-14,16,28-29,41,45H,1,15,17-21H2,(H,35,44)/t28-,29-/m0/s1/i45T. The Balaban J connectivity index is 1.37. The molecule has 0 saturated carbocycles. The summed E-state index contributed by atoms with van der Waals surface area (Å²) in [4.78, 5) is 45.4. The Morgan fingerprint density at radius 1 is 1.09 bits per heavy atom. The molecule has 2 fully saturated rings. The van der Waals surface area contributed by atoms with Crippen molar-refractivity contribution in [3.63, 3.8) is 0 Å². The van der Waals surface area contributed by atoms with Crippen LogP contribution in [0.3, 0.4) is 0 Å². The summed E-state index contributed by atoms with van der Waals surface area (Å²) >= 11 is 3.06. The molecule has 232 valence electrons. The maximum Gasteiger partial charge on any atom is 0.334 e. The number of hydrogen-bond donors (Lipinski definition) is 3. The normalized spacial score (nSPS) is 19.0. The summed E-state index contributed by atoms with van der Waals surface area (Å²) in [6.07, 6.45) is 2.90. The van der Waals surface area contributed by atoms with Gasteiger partial charge in [0, 0.05) is 41.2 Å². The zero-order valence-corrected chi connectivity index (χ0v) is 27.4. The number of nitrogens with one attached hydrogen (secondary N) is 1. The molecule has 2 aliphatic rings. The molecule has 4 aromatic rings. The molecule has 2 saturated heterocycles. The quantitative estimate of drug-likeness (QED) is 0.135. The molecule has 10 nitrogen and oxygen atoms in total. The van der Waals surface area contributed by atoms with Gasteiger partial charge in [0.05, 0.1) is 18.6 Å². The Hall–Kier alpha value is -4.01. The van der Waals surface area contributed by atoms with E-state index in [-0.39, 0.29) is 62.7 Å². The van der Waals surface area contributed by atoms with Gasteiger partial charge in [0.15, 0.2) is 0 Å². The number of hydrazine groups is 1. The Morgan fingerprint density at radius 2 is 1.84 bits per heavy atom. The molecule has 0 spiro atoms. The topological polar surface area (TPSA) is 101 Å². The highest BCUT2D eigenvalue weighted by atomic mass is 127. The largest absolute Gasteiger partial charge is 0.508 e. The van der Waals surface area contributed by atoms with Gasteiger partial charge >= 0.3 is 6.03 Å². The number of benzene rings is 3. The van der Waals surface area contributed by atoms with Crippen LogP contribution in [0.15, 0.2) is 91.6 Å². The first-order valence-electron chi connectivity index (χ1n) is 15.0. The summed E-state index contributed by atoms with van der Waals surface area (Å²) in [5, 5.41) is 17.1. The van der Waals surface area contributed by atoms with Crippen molar-refractivity contribution < 1.29 is 19.5 Å². The molecule has 45 heavy (non-hydrogen) atoms. The van der Waals surface area contributed by atoms with E-state index in [9.17, 15) is 19.5 Å². The highest BCUT2D eigenvalue weighted by Crippen LogP contribution is 2.31. The van der Waals surface area contributed by atoms with E-state index in [1.165, 1.54) is 0 Å². The van der Waals surface area contributed by atoms with Crippen LogP contribution in [0, 0.1) is 3.57 Å². The first kappa shape index (κ1) is 29.7. The van der Waals surface area contributed by atoms with E-state index in [2.05, 4.69) is 34.5 Å². The summed E-state index contributed by atoms with van der Waals surface area (Å²) in [7, 11) is 0. The second-order valence-corrected chi connectivity index (χ2v) is 12.8. The fraction of sp³-hybridized carbons (Fsp3) is 0.242. The van der Waals surface area contributed by atoms with Crippen molar-refractivity contribution in [2.45, 2.75) is 31.7 Å². The molecule has 3 heterocycles. The molecule has 0 aliphatic carbocycles. The van der Waals surface area contributed by atoms with Crippen LogP contribution in [0.5, 0.6) is 5.75 Å². The van der Waals surface area contributed by atoms with Crippen LogP contribution in [-0.4, -0.2) is 79.7 Å². The molecule has 4 amide bonds. The van der Waals surface area contributed by atoms with Crippen molar-refractivity contribution >= 4 is 64.1 Å². The average Bonchev–Trinajstić information content (AvgIpc) is 3.48. The Morgan fingerprint density at radius 3 is 2.58 bits per heavy atom. The van der Waals surface area contributed by atoms with Crippen LogP contribution >= 0.6 is 35.3 Å². The van der Waals surface area contributed by atoms with Crippen LogP contribution in [-0.2, 0) is 29.1 Å². The number of para-hydroxylation sites is 1. The van der Waals surface area contributed by atoms with Crippen molar-refractivity contribution in [1.29, 1.82) is 1.12 Å². The van der Waals surface area contributed by atoms with Gasteiger partial charge in [0.25, 0.3) is 0 Å². The average molecular weight is 739 g/mol. The number of piperazine rings is 1. The lowest BCUT2D eigenvalue weighted by Gasteiger charge is -2.55.